The second kappa shape index (κ2) is 5.46. The fraction of sp³-hybridized carbons (Fsp3) is 0.750. The monoisotopic (exact) mass is 226 g/mol. The number of amides is 1. The molecule has 2 unspecified atom stereocenters. The maximum atomic E-state index is 12.0. The first-order valence-corrected chi connectivity index (χ1v) is 5.73. The maximum Gasteiger partial charge on any atom is 0.239 e. The smallest absolute Gasteiger partial charge is 0.239 e. The SMILES string of the molecule is C=CCC(N)C(=O)N1CCCC(C)(OC)C1. The molecule has 0 aromatic rings. The molecule has 1 amide bonds. The van der Waals surface area contributed by atoms with E-state index < -0.39 is 6.04 Å². The quantitative estimate of drug-likeness (QED) is 0.725. The van der Waals surface area contributed by atoms with Gasteiger partial charge in [0.15, 0.2) is 0 Å². The molecule has 2 atom stereocenters. The molecule has 0 radical (unpaired) electrons. The van der Waals surface area contributed by atoms with Gasteiger partial charge in [0.05, 0.1) is 11.6 Å². The van der Waals surface area contributed by atoms with E-state index in [-0.39, 0.29) is 11.5 Å². The number of hydrogen-bond acceptors (Lipinski definition) is 3. The summed E-state index contributed by atoms with van der Waals surface area (Å²) < 4.78 is 5.44. The van der Waals surface area contributed by atoms with E-state index >= 15 is 0 Å². The molecule has 0 aliphatic carbocycles. The summed E-state index contributed by atoms with van der Waals surface area (Å²) in [6.07, 6.45) is 4.17. The maximum absolute atomic E-state index is 12.0. The highest BCUT2D eigenvalue weighted by Crippen LogP contribution is 2.24. The third-order valence-electron chi connectivity index (χ3n) is 3.20. The standard InChI is InChI=1S/C12H22N2O2/c1-4-6-10(13)11(15)14-8-5-7-12(2,9-14)16-3/h4,10H,1,5-9,13H2,2-3H3. The van der Waals surface area contributed by atoms with Crippen molar-refractivity contribution in [3.05, 3.63) is 12.7 Å². The number of hydrogen-bond donors (Lipinski definition) is 1. The lowest BCUT2D eigenvalue weighted by atomic mass is 9.94. The first-order valence-electron chi connectivity index (χ1n) is 5.73. The van der Waals surface area contributed by atoms with E-state index in [2.05, 4.69) is 6.58 Å². The molecule has 1 aliphatic rings. The molecule has 1 fully saturated rings. The van der Waals surface area contributed by atoms with Gasteiger partial charge in [-0.2, -0.15) is 0 Å². The fourth-order valence-corrected chi connectivity index (χ4v) is 2.08. The molecule has 4 heteroatoms. The average molecular weight is 226 g/mol. The Morgan fingerprint density at radius 3 is 3.00 bits per heavy atom. The molecule has 4 nitrogen and oxygen atoms in total. The van der Waals surface area contributed by atoms with Crippen LogP contribution >= 0.6 is 0 Å². The van der Waals surface area contributed by atoms with Gasteiger partial charge in [-0.05, 0) is 26.2 Å². The number of nitrogens with two attached hydrogens (primary N) is 1. The van der Waals surface area contributed by atoms with Gasteiger partial charge in [0.2, 0.25) is 5.91 Å². The van der Waals surface area contributed by atoms with Crippen molar-refractivity contribution in [2.45, 2.75) is 37.8 Å². The Morgan fingerprint density at radius 2 is 2.44 bits per heavy atom. The van der Waals surface area contributed by atoms with Crippen LogP contribution in [0, 0.1) is 0 Å². The number of rotatable bonds is 4. The molecule has 0 aromatic carbocycles. The highest BCUT2D eigenvalue weighted by atomic mass is 16.5. The van der Waals surface area contributed by atoms with E-state index in [1.54, 1.807) is 18.1 Å². The average Bonchev–Trinajstić information content (AvgIpc) is 2.28. The van der Waals surface area contributed by atoms with Crippen LogP contribution < -0.4 is 5.73 Å². The molecule has 1 saturated heterocycles. The van der Waals surface area contributed by atoms with Crippen molar-refractivity contribution in [1.29, 1.82) is 0 Å². The number of likely N-dealkylation sites (tertiary alicyclic amines) is 1. The molecule has 0 saturated carbocycles. The zero-order valence-corrected chi connectivity index (χ0v) is 10.2. The molecule has 1 aliphatic heterocycles. The van der Waals surface area contributed by atoms with Crippen molar-refractivity contribution in [2.24, 2.45) is 5.73 Å². The van der Waals surface area contributed by atoms with Crippen LogP contribution in [0.15, 0.2) is 12.7 Å². The summed E-state index contributed by atoms with van der Waals surface area (Å²) in [4.78, 5) is 13.8. The summed E-state index contributed by atoms with van der Waals surface area (Å²) in [5.74, 6) is 0.00266. The van der Waals surface area contributed by atoms with E-state index in [0.717, 1.165) is 19.4 Å². The molecular formula is C12H22N2O2. The van der Waals surface area contributed by atoms with E-state index in [0.29, 0.717) is 13.0 Å². The fourth-order valence-electron chi connectivity index (χ4n) is 2.08. The Balaban J connectivity index is 2.59. The highest BCUT2D eigenvalue weighted by Gasteiger charge is 2.34. The minimum absolute atomic E-state index is 0.00266. The van der Waals surface area contributed by atoms with Crippen molar-refractivity contribution in [1.82, 2.24) is 4.90 Å². The Morgan fingerprint density at radius 1 is 1.75 bits per heavy atom. The number of ether oxygens (including phenoxy) is 1. The first-order chi connectivity index (χ1) is 7.52. The van der Waals surface area contributed by atoms with Gasteiger partial charge < -0.3 is 15.4 Å². The summed E-state index contributed by atoms with van der Waals surface area (Å²) >= 11 is 0. The predicted molar refractivity (Wildman–Crippen MR) is 64.0 cm³/mol. The van der Waals surface area contributed by atoms with Crippen molar-refractivity contribution in [3.8, 4) is 0 Å². The van der Waals surface area contributed by atoms with Crippen molar-refractivity contribution >= 4 is 5.91 Å². The van der Waals surface area contributed by atoms with Crippen molar-refractivity contribution < 1.29 is 9.53 Å². The summed E-state index contributed by atoms with van der Waals surface area (Å²) in [6, 6.07) is -0.461. The van der Waals surface area contributed by atoms with Crippen LogP contribution in [0.4, 0.5) is 0 Å². The van der Waals surface area contributed by atoms with Gasteiger partial charge >= 0.3 is 0 Å². The molecule has 0 aromatic heterocycles. The Hall–Kier alpha value is -0.870. The number of nitrogens with zero attached hydrogens (tertiary/aromatic N) is 1. The van der Waals surface area contributed by atoms with Crippen LogP contribution in [0.25, 0.3) is 0 Å². The van der Waals surface area contributed by atoms with Crippen LogP contribution in [-0.2, 0) is 9.53 Å². The first kappa shape index (κ1) is 13.2. The minimum Gasteiger partial charge on any atom is -0.377 e. The van der Waals surface area contributed by atoms with Gasteiger partial charge in [-0.3, -0.25) is 4.79 Å². The summed E-state index contributed by atoms with van der Waals surface area (Å²) in [6.45, 7) is 7.04. The summed E-state index contributed by atoms with van der Waals surface area (Å²) in [7, 11) is 1.69. The molecule has 0 bridgehead atoms. The molecular weight excluding hydrogens is 204 g/mol. The summed E-state index contributed by atoms with van der Waals surface area (Å²) in [5.41, 5.74) is 5.56. The highest BCUT2D eigenvalue weighted by molar-refractivity contribution is 5.82. The largest absolute Gasteiger partial charge is 0.377 e. The zero-order chi connectivity index (χ0) is 12.2. The van der Waals surface area contributed by atoms with Gasteiger partial charge in [0.25, 0.3) is 0 Å². The van der Waals surface area contributed by atoms with Crippen LogP contribution in [0.1, 0.15) is 26.2 Å². The number of carbonyl (C=O) groups excluding carboxylic acids is 1. The molecule has 2 N–H and O–H groups in total. The van der Waals surface area contributed by atoms with Gasteiger partial charge in [0.1, 0.15) is 0 Å². The zero-order valence-electron chi connectivity index (χ0n) is 10.2. The van der Waals surface area contributed by atoms with Crippen molar-refractivity contribution in [2.75, 3.05) is 20.2 Å². The van der Waals surface area contributed by atoms with Crippen LogP contribution in [-0.4, -0.2) is 42.6 Å². The topological polar surface area (TPSA) is 55.6 Å². The van der Waals surface area contributed by atoms with Crippen molar-refractivity contribution in [3.63, 3.8) is 0 Å². The number of methoxy groups -OCH3 is 1. The molecule has 0 spiro atoms. The second-order valence-corrected chi connectivity index (χ2v) is 4.65. The van der Waals surface area contributed by atoms with Gasteiger partial charge in [-0.15, -0.1) is 6.58 Å². The van der Waals surface area contributed by atoms with E-state index in [9.17, 15) is 4.79 Å². The van der Waals surface area contributed by atoms with Crippen LogP contribution in [0.2, 0.25) is 0 Å². The molecule has 1 rings (SSSR count). The molecule has 16 heavy (non-hydrogen) atoms. The minimum atomic E-state index is -0.461. The molecule has 92 valence electrons. The van der Waals surface area contributed by atoms with Crippen LogP contribution in [0.5, 0.6) is 0 Å². The third-order valence-corrected chi connectivity index (χ3v) is 3.20. The summed E-state index contributed by atoms with van der Waals surface area (Å²) in [5, 5.41) is 0. The van der Waals surface area contributed by atoms with E-state index in [1.807, 2.05) is 6.92 Å². The van der Waals surface area contributed by atoms with Gasteiger partial charge in [-0.1, -0.05) is 6.08 Å². The lowest BCUT2D eigenvalue weighted by Gasteiger charge is -2.40. The lowest BCUT2D eigenvalue weighted by molar-refractivity contribution is -0.140. The third kappa shape index (κ3) is 3.06. The Kier molecular flexibility index (Phi) is 4.50. The molecule has 1 heterocycles. The number of carbonyl (C=O) groups is 1. The van der Waals surface area contributed by atoms with E-state index in [1.165, 1.54) is 0 Å². The number of piperidine rings is 1. The lowest BCUT2D eigenvalue weighted by Crippen LogP contribution is -2.53. The Labute approximate surface area is 97.4 Å². The normalized spacial score (nSPS) is 27.6. The van der Waals surface area contributed by atoms with E-state index in [4.69, 9.17) is 10.5 Å². The predicted octanol–water partition coefficient (Wildman–Crippen LogP) is 0.917. The van der Waals surface area contributed by atoms with Gasteiger partial charge in [-0.25, -0.2) is 0 Å². The second-order valence-electron chi connectivity index (χ2n) is 4.65. The Bertz CT molecular complexity index is 268. The van der Waals surface area contributed by atoms with Gasteiger partial charge in [0, 0.05) is 20.2 Å². The van der Waals surface area contributed by atoms with Crippen LogP contribution in [0.3, 0.4) is 0 Å².